The monoisotopic (exact) mass is 287 g/mol. The lowest BCUT2D eigenvalue weighted by Crippen LogP contribution is -2.10. The van der Waals surface area contributed by atoms with Crippen molar-refractivity contribution in [2.24, 2.45) is 0 Å². The highest BCUT2D eigenvalue weighted by molar-refractivity contribution is 5.93. The largest absolute Gasteiger partial charge is 0.380 e. The first kappa shape index (κ1) is 14.7. The third kappa shape index (κ3) is 3.64. The second-order valence-corrected chi connectivity index (χ2v) is 4.29. The van der Waals surface area contributed by atoms with Gasteiger partial charge in [0.2, 0.25) is 0 Å². The standard InChI is InChI=1S/C15H13NO5/c1-11(12-7-3-2-4-8-12)20-21-15(17)13-9-5-6-10-14(13)16(18)19/h2-11H,1H3. The molecule has 0 bridgehead atoms. The first-order valence-corrected chi connectivity index (χ1v) is 6.25. The van der Waals surface area contributed by atoms with Crippen molar-refractivity contribution in [2.45, 2.75) is 13.0 Å². The van der Waals surface area contributed by atoms with E-state index in [1.165, 1.54) is 24.3 Å². The topological polar surface area (TPSA) is 78.7 Å². The molecule has 0 amide bonds. The highest BCUT2D eigenvalue weighted by Crippen LogP contribution is 2.21. The summed E-state index contributed by atoms with van der Waals surface area (Å²) in [4.78, 5) is 31.8. The van der Waals surface area contributed by atoms with E-state index >= 15 is 0 Å². The lowest BCUT2D eigenvalue weighted by atomic mass is 10.1. The van der Waals surface area contributed by atoms with E-state index in [0.29, 0.717) is 0 Å². The molecule has 0 N–H and O–H groups in total. The van der Waals surface area contributed by atoms with Gasteiger partial charge < -0.3 is 0 Å². The van der Waals surface area contributed by atoms with Crippen LogP contribution in [0.2, 0.25) is 0 Å². The maximum atomic E-state index is 11.9. The zero-order chi connectivity index (χ0) is 15.2. The number of para-hydroxylation sites is 1. The Morgan fingerprint density at radius 2 is 1.71 bits per heavy atom. The van der Waals surface area contributed by atoms with Gasteiger partial charge in [-0.1, -0.05) is 42.5 Å². The summed E-state index contributed by atoms with van der Waals surface area (Å²) < 4.78 is 0. The second-order valence-electron chi connectivity index (χ2n) is 4.29. The van der Waals surface area contributed by atoms with Gasteiger partial charge in [0, 0.05) is 6.07 Å². The SMILES string of the molecule is CC(OOC(=O)c1ccccc1[N+](=O)[O-])c1ccccc1. The average Bonchev–Trinajstić information content (AvgIpc) is 2.53. The van der Waals surface area contributed by atoms with Gasteiger partial charge in [-0.3, -0.25) is 15.0 Å². The van der Waals surface area contributed by atoms with E-state index in [9.17, 15) is 14.9 Å². The normalized spacial score (nSPS) is 11.7. The summed E-state index contributed by atoms with van der Waals surface area (Å²) in [6, 6.07) is 14.7. The first-order valence-electron chi connectivity index (χ1n) is 6.25. The van der Waals surface area contributed by atoms with Crippen molar-refractivity contribution in [1.29, 1.82) is 0 Å². The summed E-state index contributed by atoms with van der Waals surface area (Å²) in [5.41, 5.74) is 0.356. The number of nitro benzene ring substituents is 1. The number of benzene rings is 2. The van der Waals surface area contributed by atoms with Crippen LogP contribution < -0.4 is 0 Å². The van der Waals surface area contributed by atoms with Gasteiger partial charge in [-0.05, 0) is 18.6 Å². The van der Waals surface area contributed by atoms with Crippen LogP contribution in [0.5, 0.6) is 0 Å². The minimum atomic E-state index is -0.898. The Balaban J connectivity index is 2.04. The van der Waals surface area contributed by atoms with Gasteiger partial charge in [-0.15, -0.1) is 0 Å². The van der Waals surface area contributed by atoms with Crippen LogP contribution in [0.15, 0.2) is 54.6 Å². The summed E-state index contributed by atoms with van der Waals surface area (Å²) in [5, 5.41) is 10.8. The third-order valence-electron chi connectivity index (χ3n) is 2.86. The number of hydrogen-bond donors (Lipinski definition) is 0. The number of hydrogen-bond acceptors (Lipinski definition) is 5. The van der Waals surface area contributed by atoms with Gasteiger partial charge in [-0.25, -0.2) is 4.79 Å². The highest BCUT2D eigenvalue weighted by atomic mass is 17.2. The Kier molecular flexibility index (Phi) is 4.63. The van der Waals surface area contributed by atoms with Crippen LogP contribution in [-0.2, 0) is 9.78 Å². The molecule has 1 unspecified atom stereocenters. The number of carbonyl (C=O) groups excluding carboxylic acids is 1. The Bertz CT molecular complexity index is 642. The molecule has 0 heterocycles. The smallest absolute Gasteiger partial charge is 0.292 e. The van der Waals surface area contributed by atoms with E-state index in [0.717, 1.165) is 5.56 Å². The molecular formula is C15H13NO5. The fourth-order valence-corrected chi connectivity index (χ4v) is 1.75. The van der Waals surface area contributed by atoms with Gasteiger partial charge >= 0.3 is 5.97 Å². The van der Waals surface area contributed by atoms with Crippen LogP contribution in [0.4, 0.5) is 5.69 Å². The predicted octanol–water partition coefficient (Wildman–Crippen LogP) is 3.44. The molecule has 0 fully saturated rings. The van der Waals surface area contributed by atoms with Gasteiger partial charge in [0.1, 0.15) is 11.7 Å². The van der Waals surface area contributed by atoms with Crippen molar-refractivity contribution in [2.75, 3.05) is 0 Å². The number of nitro groups is 1. The molecule has 6 nitrogen and oxygen atoms in total. The Morgan fingerprint density at radius 3 is 2.38 bits per heavy atom. The van der Waals surface area contributed by atoms with Crippen molar-refractivity contribution < 1.29 is 19.5 Å². The average molecular weight is 287 g/mol. The van der Waals surface area contributed by atoms with E-state index in [1.54, 1.807) is 6.92 Å². The zero-order valence-corrected chi connectivity index (χ0v) is 11.3. The maximum absolute atomic E-state index is 11.9. The molecule has 2 aromatic rings. The maximum Gasteiger partial charge on any atom is 0.380 e. The van der Waals surface area contributed by atoms with Crippen molar-refractivity contribution in [1.82, 2.24) is 0 Å². The van der Waals surface area contributed by atoms with E-state index in [2.05, 4.69) is 0 Å². The molecule has 0 spiro atoms. The summed E-state index contributed by atoms with van der Waals surface area (Å²) >= 11 is 0. The summed E-state index contributed by atoms with van der Waals surface area (Å²) in [6.45, 7) is 1.71. The quantitative estimate of drug-likeness (QED) is 0.478. The van der Waals surface area contributed by atoms with Crippen molar-refractivity contribution in [3.63, 3.8) is 0 Å². The lowest BCUT2D eigenvalue weighted by molar-refractivity contribution is -0.385. The minimum absolute atomic E-state index is 0.150. The molecule has 21 heavy (non-hydrogen) atoms. The fourth-order valence-electron chi connectivity index (χ4n) is 1.75. The first-order chi connectivity index (χ1) is 10.1. The van der Waals surface area contributed by atoms with E-state index < -0.39 is 17.0 Å². The van der Waals surface area contributed by atoms with Gasteiger partial charge in [-0.2, -0.15) is 4.89 Å². The van der Waals surface area contributed by atoms with Gasteiger partial charge in [0.15, 0.2) is 0 Å². The van der Waals surface area contributed by atoms with Crippen LogP contribution in [0.25, 0.3) is 0 Å². The van der Waals surface area contributed by atoms with Crippen LogP contribution in [0.1, 0.15) is 28.9 Å². The van der Waals surface area contributed by atoms with Crippen molar-refractivity contribution in [3.05, 3.63) is 75.8 Å². The molecule has 0 aromatic heterocycles. The van der Waals surface area contributed by atoms with Crippen LogP contribution in [-0.4, -0.2) is 10.9 Å². The molecule has 0 saturated carbocycles. The summed E-state index contributed by atoms with van der Waals surface area (Å²) in [6.07, 6.45) is -0.474. The summed E-state index contributed by atoms with van der Waals surface area (Å²) in [7, 11) is 0. The molecule has 0 aliphatic rings. The van der Waals surface area contributed by atoms with Gasteiger partial charge in [0.25, 0.3) is 5.69 Å². The van der Waals surface area contributed by atoms with E-state index in [4.69, 9.17) is 9.78 Å². The Hall–Kier alpha value is -2.73. The van der Waals surface area contributed by atoms with E-state index in [1.807, 2.05) is 30.3 Å². The highest BCUT2D eigenvalue weighted by Gasteiger charge is 2.22. The molecular weight excluding hydrogens is 274 g/mol. The molecule has 2 aromatic carbocycles. The van der Waals surface area contributed by atoms with Crippen LogP contribution >= 0.6 is 0 Å². The molecule has 1 atom stereocenters. The second kappa shape index (κ2) is 6.62. The molecule has 6 heteroatoms. The predicted molar refractivity (Wildman–Crippen MR) is 74.5 cm³/mol. The Labute approximate surface area is 121 Å². The van der Waals surface area contributed by atoms with Gasteiger partial charge in [0.05, 0.1) is 4.92 Å². The molecule has 0 aliphatic carbocycles. The zero-order valence-electron chi connectivity index (χ0n) is 11.3. The number of rotatable bonds is 5. The third-order valence-corrected chi connectivity index (χ3v) is 2.86. The molecule has 0 saturated heterocycles. The fraction of sp³-hybridized carbons (Fsp3) is 0.133. The molecule has 2 rings (SSSR count). The van der Waals surface area contributed by atoms with E-state index in [-0.39, 0.29) is 11.3 Å². The molecule has 0 aliphatic heterocycles. The minimum Gasteiger partial charge on any atom is -0.292 e. The lowest BCUT2D eigenvalue weighted by Gasteiger charge is -2.11. The van der Waals surface area contributed by atoms with Crippen LogP contribution in [0.3, 0.4) is 0 Å². The summed E-state index contributed by atoms with van der Waals surface area (Å²) in [5.74, 6) is -0.898. The number of carbonyl (C=O) groups is 1. The Morgan fingerprint density at radius 1 is 1.10 bits per heavy atom. The van der Waals surface area contributed by atoms with Crippen molar-refractivity contribution in [3.8, 4) is 0 Å². The number of nitrogens with zero attached hydrogens (tertiary/aromatic N) is 1. The van der Waals surface area contributed by atoms with Crippen molar-refractivity contribution >= 4 is 11.7 Å². The molecule has 0 radical (unpaired) electrons. The molecule has 108 valence electrons. The van der Waals surface area contributed by atoms with Crippen LogP contribution in [0, 0.1) is 10.1 Å².